The van der Waals surface area contributed by atoms with Gasteiger partial charge in [0.05, 0.1) is 0 Å². The van der Waals surface area contributed by atoms with Crippen LogP contribution in [0, 0.1) is 23.7 Å². The van der Waals surface area contributed by atoms with E-state index in [1.165, 1.54) is 0 Å². The van der Waals surface area contributed by atoms with Crippen molar-refractivity contribution in [2.45, 2.75) is 63.6 Å². The largest absolute Gasteiger partial charge is 0.380 e. The van der Waals surface area contributed by atoms with Crippen LogP contribution in [0.3, 0.4) is 0 Å². The van der Waals surface area contributed by atoms with Gasteiger partial charge in [-0.3, -0.25) is 0 Å². The van der Waals surface area contributed by atoms with Crippen molar-refractivity contribution in [1.82, 2.24) is 0 Å². The Hall–Kier alpha value is -1.48. The lowest BCUT2D eigenvalue weighted by molar-refractivity contribution is 0.218. The summed E-state index contributed by atoms with van der Waals surface area (Å²) in [5.74, 6) is 10.6. The molecule has 0 bridgehead atoms. The summed E-state index contributed by atoms with van der Waals surface area (Å²) in [5.41, 5.74) is 0. The minimum Gasteiger partial charge on any atom is -0.380 e. The Morgan fingerprint density at radius 3 is 1.50 bits per heavy atom. The van der Waals surface area contributed by atoms with E-state index in [9.17, 15) is 10.2 Å². The fraction of sp³-hybridized carbons (Fsp3) is 0.556. The Morgan fingerprint density at radius 1 is 0.650 bits per heavy atom. The van der Waals surface area contributed by atoms with Gasteiger partial charge in [0.15, 0.2) is 0 Å². The molecule has 0 aromatic rings. The predicted octanol–water partition coefficient (Wildman–Crippen LogP) is 2.96. The molecular formula is C18H24O2. The first kappa shape index (κ1) is 16.6. The Labute approximate surface area is 122 Å². The molecular weight excluding hydrogens is 248 g/mol. The first-order chi connectivity index (χ1) is 9.79. The molecule has 0 saturated carbocycles. The molecule has 2 atom stereocenters. The van der Waals surface area contributed by atoms with Crippen LogP contribution in [0.15, 0.2) is 24.3 Å². The number of rotatable bonds is 0. The highest BCUT2D eigenvalue weighted by molar-refractivity contribution is 5.28. The third kappa shape index (κ3) is 9.45. The van der Waals surface area contributed by atoms with Gasteiger partial charge in [0.25, 0.3) is 0 Å². The van der Waals surface area contributed by atoms with Crippen LogP contribution in [0.4, 0.5) is 0 Å². The fourth-order valence-electron chi connectivity index (χ4n) is 1.91. The van der Waals surface area contributed by atoms with Crippen molar-refractivity contribution < 1.29 is 10.2 Å². The normalized spacial score (nSPS) is 28.7. The highest BCUT2D eigenvalue weighted by atomic mass is 16.3. The molecule has 2 unspecified atom stereocenters. The van der Waals surface area contributed by atoms with Crippen LogP contribution in [0.25, 0.3) is 0 Å². The first-order valence-electron chi connectivity index (χ1n) is 7.46. The molecule has 0 fully saturated rings. The lowest BCUT2D eigenvalue weighted by atomic mass is 10.1. The summed E-state index contributed by atoms with van der Waals surface area (Å²) in [6.45, 7) is 0. The molecule has 2 nitrogen and oxygen atoms in total. The van der Waals surface area contributed by atoms with Crippen molar-refractivity contribution in [1.29, 1.82) is 0 Å². The predicted molar refractivity (Wildman–Crippen MR) is 82.8 cm³/mol. The Balaban J connectivity index is 2.50. The average molecular weight is 272 g/mol. The zero-order valence-electron chi connectivity index (χ0n) is 12.0. The summed E-state index contributed by atoms with van der Waals surface area (Å²) in [6, 6.07) is 0. The topological polar surface area (TPSA) is 40.5 Å². The van der Waals surface area contributed by atoms with Gasteiger partial charge in [0, 0.05) is 0 Å². The molecule has 108 valence electrons. The third-order valence-electron chi connectivity index (χ3n) is 3.07. The van der Waals surface area contributed by atoms with E-state index in [4.69, 9.17) is 0 Å². The number of aliphatic hydroxyl groups excluding tert-OH is 2. The molecule has 1 aliphatic rings. The summed E-state index contributed by atoms with van der Waals surface area (Å²) in [6.07, 6.45) is 14.8. The molecule has 0 spiro atoms. The lowest BCUT2D eigenvalue weighted by Gasteiger charge is -2.01. The molecule has 1 aliphatic carbocycles. The van der Waals surface area contributed by atoms with Crippen LogP contribution in [0.2, 0.25) is 0 Å². The van der Waals surface area contributed by atoms with Gasteiger partial charge >= 0.3 is 0 Å². The molecule has 0 amide bonds. The van der Waals surface area contributed by atoms with E-state index in [0.717, 1.165) is 38.5 Å². The summed E-state index contributed by atoms with van der Waals surface area (Å²) in [5, 5.41) is 19.3. The van der Waals surface area contributed by atoms with Crippen LogP contribution >= 0.6 is 0 Å². The maximum absolute atomic E-state index is 9.63. The lowest BCUT2D eigenvalue weighted by Crippen LogP contribution is -2.02. The van der Waals surface area contributed by atoms with Crippen LogP contribution in [-0.2, 0) is 0 Å². The second-order valence-corrected chi connectivity index (χ2v) is 4.95. The minimum absolute atomic E-state index is 0.614. The van der Waals surface area contributed by atoms with Crippen LogP contribution in [-0.4, -0.2) is 22.4 Å². The van der Waals surface area contributed by atoms with E-state index in [2.05, 4.69) is 48.0 Å². The first-order valence-corrected chi connectivity index (χ1v) is 7.46. The molecule has 0 radical (unpaired) electrons. The molecule has 20 heavy (non-hydrogen) atoms. The maximum Gasteiger partial charge on any atom is 0.115 e. The van der Waals surface area contributed by atoms with E-state index in [0.29, 0.717) is 12.8 Å². The zero-order valence-corrected chi connectivity index (χ0v) is 12.0. The van der Waals surface area contributed by atoms with Gasteiger partial charge in [0.1, 0.15) is 12.2 Å². The minimum atomic E-state index is -0.614. The average Bonchev–Trinajstić information content (AvgIpc) is 2.44. The van der Waals surface area contributed by atoms with Crippen molar-refractivity contribution in [2.24, 2.45) is 0 Å². The Bertz CT molecular complexity index is 384. The van der Waals surface area contributed by atoms with Gasteiger partial charge in [-0.2, -0.15) is 0 Å². The number of aliphatic hydroxyl groups is 2. The van der Waals surface area contributed by atoms with Gasteiger partial charge in [-0.1, -0.05) is 36.1 Å². The van der Waals surface area contributed by atoms with Gasteiger partial charge in [-0.15, -0.1) is 0 Å². The number of allylic oxidation sites excluding steroid dienone is 4. The third-order valence-corrected chi connectivity index (χ3v) is 3.07. The molecule has 2 heteroatoms. The molecule has 0 aromatic carbocycles. The smallest absolute Gasteiger partial charge is 0.115 e. The van der Waals surface area contributed by atoms with Crippen molar-refractivity contribution >= 4 is 0 Å². The number of hydrogen-bond donors (Lipinski definition) is 2. The van der Waals surface area contributed by atoms with Crippen molar-refractivity contribution in [2.75, 3.05) is 0 Å². The highest BCUT2D eigenvalue weighted by Crippen LogP contribution is 2.04. The Kier molecular flexibility index (Phi) is 9.41. The summed E-state index contributed by atoms with van der Waals surface area (Å²) in [4.78, 5) is 0. The fourth-order valence-corrected chi connectivity index (χ4v) is 1.91. The van der Waals surface area contributed by atoms with E-state index in [1.807, 2.05) is 0 Å². The summed E-state index contributed by atoms with van der Waals surface area (Å²) < 4.78 is 0. The van der Waals surface area contributed by atoms with E-state index in [1.54, 1.807) is 0 Å². The van der Waals surface area contributed by atoms with Crippen molar-refractivity contribution in [3.63, 3.8) is 0 Å². The molecule has 0 heterocycles. The summed E-state index contributed by atoms with van der Waals surface area (Å²) in [7, 11) is 0. The quantitative estimate of drug-likeness (QED) is 0.526. The second-order valence-electron chi connectivity index (χ2n) is 4.95. The van der Waals surface area contributed by atoms with Gasteiger partial charge < -0.3 is 10.2 Å². The summed E-state index contributed by atoms with van der Waals surface area (Å²) >= 11 is 0. The van der Waals surface area contributed by atoms with Crippen LogP contribution in [0.1, 0.15) is 51.4 Å². The maximum atomic E-state index is 9.63. The van der Waals surface area contributed by atoms with Gasteiger partial charge in [-0.05, 0) is 63.2 Å². The van der Waals surface area contributed by atoms with E-state index < -0.39 is 12.2 Å². The molecule has 2 N–H and O–H groups in total. The van der Waals surface area contributed by atoms with Gasteiger partial charge in [-0.25, -0.2) is 0 Å². The Morgan fingerprint density at radius 2 is 1.05 bits per heavy atom. The van der Waals surface area contributed by atoms with E-state index in [-0.39, 0.29) is 0 Å². The zero-order chi connectivity index (χ0) is 14.5. The van der Waals surface area contributed by atoms with Crippen LogP contribution < -0.4 is 0 Å². The molecule has 1 rings (SSSR count). The molecule has 0 aliphatic heterocycles. The standard InChI is InChI=1S/C18H24O2/c19-17-13-9-7-5-3-1-2-4-6-8-10-14-18(20)16-12-11-15-17/h3-6,17-20H,1-2,7-10,13-14H2/b5-3-,6-4-. The SMILES string of the molecule is OC1C#CC#CC(O)CCC/C=C\CC/C=C\CCC1. The van der Waals surface area contributed by atoms with Crippen molar-refractivity contribution in [3.05, 3.63) is 24.3 Å². The monoisotopic (exact) mass is 272 g/mol. The van der Waals surface area contributed by atoms with Crippen molar-refractivity contribution in [3.8, 4) is 23.7 Å². The van der Waals surface area contributed by atoms with Crippen LogP contribution in [0.5, 0.6) is 0 Å². The number of hydrogen-bond acceptors (Lipinski definition) is 2. The molecule has 0 aromatic heterocycles. The second kappa shape index (κ2) is 11.4. The van der Waals surface area contributed by atoms with Gasteiger partial charge in [0.2, 0.25) is 0 Å². The van der Waals surface area contributed by atoms with E-state index >= 15 is 0 Å². The molecule has 0 saturated heterocycles. The highest BCUT2D eigenvalue weighted by Gasteiger charge is 1.98.